The van der Waals surface area contributed by atoms with E-state index in [0.29, 0.717) is 12.1 Å². The van der Waals surface area contributed by atoms with Crippen LogP contribution < -0.4 is 5.32 Å². The highest BCUT2D eigenvalue weighted by Gasteiger charge is 2.18. The van der Waals surface area contributed by atoms with E-state index in [0.717, 1.165) is 0 Å². The largest absolute Gasteiger partial charge is 0.382 e. The van der Waals surface area contributed by atoms with E-state index in [9.17, 15) is 12.8 Å². The number of nitrogens with one attached hydrogen (secondary N) is 1. The first-order valence-corrected chi connectivity index (χ1v) is 7.39. The first-order chi connectivity index (χ1) is 7.97. The summed E-state index contributed by atoms with van der Waals surface area (Å²) in [6.07, 6.45) is 0.599. The van der Waals surface area contributed by atoms with Crippen molar-refractivity contribution in [3.8, 4) is 0 Å². The molecule has 17 heavy (non-hydrogen) atoms. The van der Waals surface area contributed by atoms with Gasteiger partial charge in [-0.3, -0.25) is 0 Å². The Kier molecular flexibility index (Phi) is 4.93. The molecule has 1 unspecified atom stereocenters. The minimum absolute atomic E-state index is 0.0241. The molecule has 0 amide bonds. The first-order valence-electron chi connectivity index (χ1n) is 5.67. The van der Waals surface area contributed by atoms with Crippen molar-refractivity contribution in [2.45, 2.75) is 25.5 Å². The Morgan fingerprint density at radius 1 is 1.35 bits per heavy atom. The Morgan fingerprint density at radius 2 is 2.00 bits per heavy atom. The molecule has 1 rings (SSSR count). The van der Waals surface area contributed by atoms with Crippen molar-refractivity contribution in [1.29, 1.82) is 0 Å². The predicted octanol–water partition coefficient (Wildman–Crippen LogP) is 2.45. The minimum Gasteiger partial charge on any atom is -0.382 e. The summed E-state index contributed by atoms with van der Waals surface area (Å²) in [5, 5.41) is 2.45. The van der Waals surface area contributed by atoms with Crippen LogP contribution in [0.4, 0.5) is 10.1 Å². The van der Waals surface area contributed by atoms with Crippen molar-refractivity contribution in [3.63, 3.8) is 0 Å². The zero-order valence-electron chi connectivity index (χ0n) is 10.1. The van der Waals surface area contributed by atoms with Gasteiger partial charge in [0.1, 0.15) is 5.82 Å². The lowest BCUT2D eigenvalue weighted by atomic mass is 10.3. The third-order valence-electron chi connectivity index (χ3n) is 2.76. The molecular formula is C12H18FNO2S. The van der Waals surface area contributed by atoms with Gasteiger partial charge < -0.3 is 5.32 Å². The maximum absolute atomic E-state index is 13.2. The molecule has 0 heterocycles. The van der Waals surface area contributed by atoms with Crippen LogP contribution in [0.2, 0.25) is 0 Å². The topological polar surface area (TPSA) is 46.2 Å². The number of halogens is 1. The summed E-state index contributed by atoms with van der Waals surface area (Å²) >= 11 is 0. The summed E-state index contributed by atoms with van der Waals surface area (Å²) in [5.74, 6) is -0.343. The van der Waals surface area contributed by atoms with Gasteiger partial charge in [-0.25, -0.2) is 12.8 Å². The van der Waals surface area contributed by atoms with E-state index in [2.05, 4.69) is 5.32 Å². The van der Waals surface area contributed by atoms with Gasteiger partial charge in [0.05, 0.1) is 16.7 Å². The smallest absolute Gasteiger partial charge is 0.154 e. The zero-order valence-corrected chi connectivity index (χ0v) is 10.9. The molecule has 0 aliphatic carbocycles. The van der Waals surface area contributed by atoms with Gasteiger partial charge in [-0.2, -0.15) is 0 Å². The minimum atomic E-state index is -3.08. The molecule has 0 aliphatic rings. The SMILES string of the molecule is CCC(C)S(=O)(=O)CCNc1ccccc1F. The van der Waals surface area contributed by atoms with Crippen LogP contribution in [0.15, 0.2) is 24.3 Å². The predicted molar refractivity (Wildman–Crippen MR) is 68.4 cm³/mol. The fraction of sp³-hybridized carbons (Fsp3) is 0.500. The lowest BCUT2D eigenvalue weighted by molar-refractivity contribution is 0.581. The Bertz CT molecular complexity index is 459. The highest BCUT2D eigenvalue weighted by Crippen LogP contribution is 2.12. The van der Waals surface area contributed by atoms with Crippen molar-refractivity contribution in [1.82, 2.24) is 0 Å². The number of hydrogen-bond acceptors (Lipinski definition) is 3. The number of benzene rings is 1. The Labute approximate surface area is 102 Å². The number of anilines is 1. The summed E-state index contributed by atoms with van der Waals surface area (Å²) in [4.78, 5) is 0. The summed E-state index contributed by atoms with van der Waals surface area (Å²) in [6.45, 7) is 3.76. The van der Waals surface area contributed by atoms with Crippen LogP contribution in [0.25, 0.3) is 0 Å². The van der Waals surface area contributed by atoms with Crippen LogP contribution in [0.3, 0.4) is 0 Å². The van der Waals surface area contributed by atoms with Gasteiger partial charge in [-0.15, -0.1) is 0 Å². The van der Waals surface area contributed by atoms with Gasteiger partial charge in [0.2, 0.25) is 0 Å². The second kappa shape index (κ2) is 6.00. The number of hydrogen-bond donors (Lipinski definition) is 1. The van der Waals surface area contributed by atoms with Crippen LogP contribution in [-0.2, 0) is 9.84 Å². The molecule has 3 nitrogen and oxygen atoms in total. The molecule has 0 spiro atoms. The van der Waals surface area contributed by atoms with Crippen molar-refractivity contribution >= 4 is 15.5 Å². The summed E-state index contributed by atoms with van der Waals surface area (Å²) in [5.41, 5.74) is 0.340. The molecule has 1 atom stereocenters. The molecule has 0 aliphatic heterocycles. The molecule has 1 aromatic rings. The molecule has 1 aromatic carbocycles. The molecule has 96 valence electrons. The average Bonchev–Trinajstić information content (AvgIpc) is 2.30. The lowest BCUT2D eigenvalue weighted by Gasteiger charge is -2.11. The van der Waals surface area contributed by atoms with E-state index in [1.807, 2.05) is 6.92 Å². The Morgan fingerprint density at radius 3 is 2.59 bits per heavy atom. The summed E-state index contributed by atoms with van der Waals surface area (Å²) < 4.78 is 36.6. The number of para-hydroxylation sites is 1. The maximum Gasteiger partial charge on any atom is 0.154 e. The van der Waals surface area contributed by atoms with Crippen molar-refractivity contribution < 1.29 is 12.8 Å². The van der Waals surface area contributed by atoms with E-state index in [4.69, 9.17) is 0 Å². The zero-order chi connectivity index (χ0) is 12.9. The average molecular weight is 259 g/mol. The van der Waals surface area contributed by atoms with Crippen molar-refractivity contribution in [2.75, 3.05) is 17.6 Å². The van der Waals surface area contributed by atoms with Crippen molar-refractivity contribution in [3.05, 3.63) is 30.1 Å². The molecule has 1 N–H and O–H groups in total. The van der Waals surface area contributed by atoms with E-state index in [-0.39, 0.29) is 23.4 Å². The van der Waals surface area contributed by atoms with E-state index in [1.165, 1.54) is 6.07 Å². The first kappa shape index (κ1) is 14.0. The van der Waals surface area contributed by atoms with E-state index >= 15 is 0 Å². The second-order valence-electron chi connectivity index (χ2n) is 3.99. The lowest BCUT2D eigenvalue weighted by Crippen LogP contribution is -2.24. The van der Waals surface area contributed by atoms with Crippen LogP contribution in [0.5, 0.6) is 0 Å². The van der Waals surface area contributed by atoms with Crippen LogP contribution >= 0.6 is 0 Å². The molecule has 0 radical (unpaired) electrons. The molecule has 0 fully saturated rings. The summed E-state index contributed by atoms with van der Waals surface area (Å²) in [7, 11) is -3.08. The number of rotatable bonds is 6. The molecule has 0 saturated heterocycles. The molecule has 5 heteroatoms. The van der Waals surface area contributed by atoms with Crippen LogP contribution in [0, 0.1) is 5.82 Å². The molecule has 0 bridgehead atoms. The van der Waals surface area contributed by atoms with Gasteiger partial charge in [-0.05, 0) is 25.5 Å². The van der Waals surface area contributed by atoms with Gasteiger partial charge in [0.25, 0.3) is 0 Å². The highest BCUT2D eigenvalue weighted by molar-refractivity contribution is 7.92. The highest BCUT2D eigenvalue weighted by atomic mass is 32.2. The Balaban J connectivity index is 2.52. The fourth-order valence-corrected chi connectivity index (χ4v) is 2.68. The normalized spacial score (nSPS) is 13.4. The summed E-state index contributed by atoms with van der Waals surface area (Å²) in [6, 6.07) is 6.22. The van der Waals surface area contributed by atoms with Gasteiger partial charge >= 0.3 is 0 Å². The molecule has 0 saturated carbocycles. The monoisotopic (exact) mass is 259 g/mol. The van der Waals surface area contributed by atoms with Gasteiger partial charge in [0, 0.05) is 6.54 Å². The molecule has 0 aromatic heterocycles. The van der Waals surface area contributed by atoms with Crippen LogP contribution in [0.1, 0.15) is 20.3 Å². The quantitative estimate of drug-likeness (QED) is 0.853. The fourth-order valence-electron chi connectivity index (χ4n) is 1.39. The third-order valence-corrected chi connectivity index (χ3v) is 5.10. The van der Waals surface area contributed by atoms with E-state index < -0.39 is 9.84 Å². The Hall–Kier alpha value is -1.10. The van der Waals surface area contributed by atoms with Crippen molar-refractivity contribution in [2.24, 2.45) is 0 Å². The third kappa shape index (κ3) is 4.00. The van der Waals surface area contributed by atoms with Gasteiger partial charge in [-0.1, -0.05) is 19.1 Å². The second-order valence-corrected chi connectivity index (χ2v) is 6.53. The van der Waals surface area contributed by atoms with Gasteiger partial charge in [0.15, 0.2) is 9.84 Å². The van der Waals surface area contributed by atoms with Crippen LogP contribution in [-0.4, -0.2) is 26.0 Å². The maximum atomic E-state index is 13.2. The standard InChI is InChI=1S/C12H18FNO2S/c1-3-10(2)17(15,16)9-8-14-12-7-5-4-6-11(12)13/h4-7,10,14H,3,8-9H2,1-2H3. The molecular weight excluding hydrogens is 241 g/mol. The number of sulfone groups is 1. The van der Waals surface area contributed by atoms with E-state index in [1.54, 1.807) is 25.1 Å².